The van der Waals surface area contributed by atoms with Crippen LogP contribution < -0.4 is 20.1 Å². The minimum Gasteiger partial charge on any atom is -0.497 e. The Morgan fingerprint density at radius 1 is 1.10 bits per heavy atom. The summed E-state index contributed by atoms with van der Waals surface area (Å²) in [6.45, 7) is 2.12. The molecule has 0 unspecified atom stereocenters. The van der Waals surface area contributed by atoms with Crippen molar-refractivity contribution in [2.24, 2.45) is 0 Å². The first kappa shape index (κ1) is 20.3. The van der Waals surface area contributed by atoms with Gasteiger partial charge in [-0.25, -0.2) is 4.79 Å². The molecule has 2 N–H and O–H groups in total. The maximum atomic E-state index is 13.0. The van der Waals surface area contributed by atoms with Crippen LogP contribution in [-0.2, 0) is 11.3 Å². The van der Waals surface area contributed by atoms with Gasteiger partial charge in [0, 0.05) is 12.1 Å². The Labute approximate surface area is 179 Å². The zero-order valence-electron chi connectivity index (χ0n) is 17.4. The third-order valence-electron chi connectivity index (χ3n) is 5.33. The maximum absolute atomic E-state index is 13.0. The number of amides is 4. The van der Waals surface area contributed by atoms with Gasteiger partial charge in [-0.3, -0.25) is 14.9 Å². The zero-order valence-corrected chi connectivity index (χ0v) is 17.4. The molecule has 2 aliphatic heterocycles. The predicted octanol–water partition coefficient (Wildman–Crippen LogP) is 1.60. The van der Waals surface area contributed by atoms with Crippen LogP contribution in [-0.4, -0.2) is 49.0 Å². The van der Waals surface area contributed by atoms with E-state index in [4.69, 9.17) is 9.47 Å². The van der Waals surface area contributed by atoms with Crippen LogP contribution in [0.4, 0.5) is 4.79 Å². The van der Waals surface area contributed by atoms with Crippen LogP contribution >= 0.6 is 0 Å². The highest BCUT2D eigenvalue weighted by Crippen LogP contribution is 2.28. The third-order valence-corrected chi connectivity index (χ3v) is 5.33. The summed E-state index contributed by atoms with van der Waals surface area (Å²) in [6.07, 6.45) is 0. The number of aryl methyl sites for hydroxylation is 1. The van der Waals surface area contributed by atoms with Crippen molar-refractivity contribution in [1.29, 1.82) is 0 Å². The average Bonchev–Trinajstić information content (AvgIpc) is 3.21. The van der Waals surface area contributed by atoms with Crippen molar-refractivity contribution in [2.75, 3.05) is 20.8 Å². The number of hydrogen-bond acceptors (Lipinski definition) is 5. The molecule has 2 heterocycles. The number of carbonyl (C=O) groups is 3. The number of nitrogens with one attached hydrogen (secondary N) is 2. The van der Waals surface area contributed by atoms with Gasteiger partial charge in [-0.2, -0.15) is 0 Å². The number of rotatable bonds is 4. The average molecular weight is 419 g/mol. The van der Waals surface area contributed by atoms with Crippen LogP contribution in [0.1, 0.15) is 27.0 Å². The predicted molar refractivity (Wildman–Crippen MR) is 112 cm³/mol. The van der Waals surface area contributed by atoms with Crippen LogP contribution in [0.15, 0.2) is 36.4 Å². The van der Waals surface area contributed by atoms with Gasteiger partial charge in [0.1, 0.15) is 11.5 Å². The van der Waals surface area contributed by atoms with Crippen LogP contribution in [0.5, 0.6) is 11.5 Å². The standard InChI is InChI=1S/C23H21N3O5/c1-14-4-7-19(31-3)15(10-14)8-9-23(21(28)24-22(29)25-23)13-26-12-16-5-6-17(30-2)11-18(16)20(26)27/h4-7,10-11H,12-13H2,1-3H3,(H2,24,25,28,29)/t23-/m1/s1. The Hall–Kier alpha value is -3.99. The summed E-state index contributed by atoms with van der Waals surface area (Å²) in [5, 5.41) is 4.84. The number of ether oxygens (including phenoxy) is 2. The monoisotopic (exact) mass is 419 g/mol. The molecule has 8 heteroatoms. The van der Waals surface area contributed by atoms with E-state index in [0.29, 0.717) is 29.2 Å². The summed E-state index contributed by atoms with van der Waals surface area (Å²) in [6, 6.07) is 10.1. The van der Waals surface area contributed by atoms with Crippen LogP contribution in [0.3, 0.4) is 0 Å². The number of hydrogen-bond donors (Lipinski definition) is 2. The van der Waals surface area contributed by atoms with E-state index in [9.17, 15) is 14.4 Å². The first-order valence-corrected chi connectivity index (χ1v) is 9.63. The molecule has 2 aromatic rings. The molecule has 0 radical (unpaired) electrons. The maximum Gasteiger partial charge on any atom is 0.323 e. The van der Waals surface area contributed by atoms with Crippen molar-refractivity contribution in [1.82, 2.24) is 15.5 Å². The van der Waals surface area contributed by atoms with E-state index in [1.54, 1.807) is 18.2 Å². The van der Waals surface area contributed by atoms with Gasteiger partial charge in [0.15, 0.2) is 0 Å². The minimum atomic E-state index is -1.58. The van der Waals surface area contributed by atoms with Crippen molar-refractivity contribution in [3.8, 4) is 23.3 Å². The number of imide groups is 1. The molecule has 31 heavy (non-hydrogen) atoms. The highest BCUT2D eigenvalue weighted by Gasteiger charge is 2.48. The van der Waals surface area contributed by atoms with Gasteiger partial charge in [0.05, 0.1) is 26.3 Å². The Kier molecular flexibility index (Phi) is 5.03. The quantitative estimate of drug-likeness (QED) is 0.580. The second-order valence-electron chi connectivity index (χ2n) is 7.45. The van der Waals surface area contributed by atoms with E-state index in [1.807, 2.05) is 25.1 Å². The topological polar surface area (TPSA) is 97.0 Å². The van der Waals surface area contributed by atoms with Crippen molar-refractivity contribution in [3.05, 3.63) is 58.7 Å². The van der Waals surface area contributed by atoms with E-state index in [1.165, 1.54) is 19.1 Å². The molecule has 1 fully saturated rings. The number of carbonyl (C=O) groups excluding carboxylic acids is 3. The van der Waals surface area contributed by atoms with Gasteiger partial charge in [-0.05, 0) is 42.3 Å². The number of urea groups is 1. The van der Waals surface area contributed by atoms with Crippen LogP contribution in [0, 0.1) is 18.8 Å². The van der Waals surface area contributed by atoms with Gasteiger partial charge in [-0.1, -0.05) is 24.0 Å². The first-order valence-electron chi connectivity index (χ1n) is 9.63. The molecular formula is C23H21N3O5. The number of fused-ring (bicyclic) bond motifs is 1. The van der Waals surface area contributed by atoms with Gasteiger partial charge in [0.25, 0.3) is 11.8 Å². The smallest absolute Gasteiger partial charge is 0.323 e. The van der Waals surface area contributed by atoms with E-state index >= 15 is 0 Å². The van der Waals surface area contributed by atoms with E-state index in [2.05, 4.69) is 22.5 Å². The Morgan fingerprint density at radius 3 is 2.58 bits per heavy atom. The lowest BCUT2D eigenvalue weighted by Gasteiger charge is -2.26. The molecule has 1 saturated heterocycles. The number of nitrogens with zero attached hydrogens (tertiary/aromatic N) is 1. The van der Waals surface area contributed by atoms with Crippen molar-refractivity contribution in [3.63, 3.8) is 0 Å². The second kappa shape index (κ2) is 7.69. The molecule has 1 atom stereocenters. The minimum absolute atomic E-state index is 0.0957. The molecule has 4 amide bonds. The summed E-state index contributed by atoms with van der Waals surface area (Å²) in [7, 11) is 3.06. The lowest BCUT2D eigenvalue weighted by molar-refractivity contribution is -0.122. The molecular weight excluding hydrogens is 398 g/mol. The molecule has 0 aromatic heterocycles. The van der Waals surface area contributed by atoms with Crippen LogP contribution in [0.25, 0.3) is 0 Å². The summed E-state index contributed by atoms with van der Waals surface area (Å²) < 4.78 is 10.5. The second-order valence-corrected chi connectivity index (χ2v) is 7.45. The molecule has 0 bridgehead atoms. The zero-order chi connectivity index (χ0) is 22.2. The fourth-order valence-corrected chi connectivity index (χ4v) is 3.71. The number of methoxy groups -OCH3 is 2. The Bertz CT molecular complexity index is 1160. The van der Waals surface area contributed by atoms with Crippen molar-refractivity contribution >= 4 is 17.8 Å². The largest absolute Gasteiger partial charge is 0.497 e. The number of benzene rings is 2. The van der Waals surface area contributed by atoms with Crippen molar-refractivity contribution in [2.45, 2.75) is 19.0 Å². The molecule has 2 aromatic carbocycles. The van der Waals surface area contributed by atoms with Crippen LogP contribution in [0.2, 0.25) is 0 Å². The molecule has 0 spiro atoms. The molecule has 0 aliphatic carbocycles. The summed E-state index contributed by atoms with van der Waals surface area (Å²) >= 11 is 0. The Morgan fingerprint density at radius 2 is 1.90 bits per heavy atom. The van der Waals surface area contributed by atoms with E-state index < -0.39 is 17.5 Å². The highest BCUT2D eigenvalue weighted by atomic mass is 16.5. The summed E-state index contributed by atoms with van der Waals surface area (Å²) in [5.41, 5.74) is 1.30. The summed E-state index contributed by atoms with van der Waals surface area (Å²) in [4.78, 5) is 39.1. The molecule has 4 rings (SSSR count). The third kappa shape index (κ3) is 3.66. The fraction of sp³-hybridized carbons (Fsp3) is 0.261. The van der Waals surface area contributed by atoms with Gasteiger partial charge in [-0.15, -0.1) is 0 Å². The SMILES string of the molecule is COc1ccc2c(c1)C(=O)N(C[C@@]1(C#Cc3cc(C)ccc3OC)NC(=O)NC1=O)C2. The molecule has 8 nitrogen and oxygen atoms in total. The molecule has 158 valence electrons. The van der Waals surface area contributed by atoms with E-state index in [0.717, 1.165) is 11.1 Å². The Balaban J connectivity index is 1.68. The molecule has 0 saturated carbocycles. The summed E-state index contributed by atoms with van der Waals surface area (Å²) in [5.74, 6) is 6.13. The first-order chi connectivity index (χ1) is 14.8. The normalized spacial score (nSPS) is 19.3. The van der Waals surface area contributed by atoms with Gasteiger partial charge in [0.2, 0.25) is 5.54 Å². The van der Waals surface area contributed by atoms with Gasteiger partial charge < -0.3 is 19.7 Å². The highest BCUT2D eigenvalue weighted by molar-refractivity contribution is 6.10. The lowest BCUT2D eigenvalue weighted by Crippen LogP contribution is -2.54. The van der Waals surface area contributed by atoms with E-state index in [-0.39, 0.29) is 12.5 Å². The van der Waals surface area contributed by atoms with Gasteiger partial charge >= 0.3 is 6.03 Å². The molecule has 2 aliphatic rings. The lowest BCUT2D eigenvalue weighted by atomic mass is 9.98. The van der Waals surface area contributed by atoms with Crippen molar-refractivity contribution < 1.29 is 23.9 Å². The fourth-order valence-electron chi connectivity index (χ4n) is 3.71.